The summed E-state index contributed by atoms with van der Waals surface area (Å²) >= 11 is 0. The molecule has 0 spiro atoms. The minimum Gasteiger partial charge on any atom is -0.477 e. The van der Waals surface area contributed by atoms with Crippen molar-refractivity contribution in [2.75, 3.05) is 18.5 Å². The van der Waals surface area contributed by atoms with E-state index < -0.39 is 6.10 Å². The van der Waals surface area contributed by atoms with E-state index in [9.17, 15) is 4.79 Å². The molecule has 0 radical (unpaired) electrons. The maximum absolute atomic E-state index is 11.8. The fraction of sp³-hybridized carbons (Fsp3) is 0.364. The number of para-hydroxylation sites is 1. The summed E-state index contributed by atoms with van der Waals surface area (Å²) in [6, 6.07) is 5.73. The number of ether oxygens (including phenoxy) is 1. The molecule has 0 saturated carbocycles. The first-order valence-electron chi connectivity index (χ1n) is 4.89. The molecule has 4 nitrogen and oxygen atoms in total. The molecule has 1 atom stereocenters. The standard InChI is InChI=1S/C11H14N2O2/c1-7-4-3-5-8-10(7)15-9(6-12)11(14)13(8)2/h3-5,9H,6,12H2,1-2H3. The molecule has 0 aliphatic carbocycles. The predicted octanol–water partition coefficient (Wildman–Crippen LogP) is 0.678. The van der Waals surface area contributed by atoms with Crippen LogP contribution >= 0.6 is 0 Å². The van der Waals surface area contributed by atoms with Crippen molar-refractivity contribution in [3.05, 3.63) is 23.8 Å². The number of hydrogen-bond acceptors (Lipinski definition) is 3. The Morgan fingerprint density at radius 3 is 2.93 bits per heavy atom. The van der Waals surface area contributed by atoms with Crippen LogP contribution in [0.3, 0.4) is 0 Å². The second-order valence-electron chi connectivity index (χ2n) is 3.66. The molecule has 0 fully saturated rings. The van der Waals surface area contributed by atoms with Gasteiger partial charge in [-0.05, 0) is 18.6 Å². The van der Waals surface area contributed by atoms with Gasteiger partial charge in [-0.3, -0.25) is 4.79 Å². The number of carbonyl (C=O) groups is 1. The summed E-state index contributed by atoms with van der Waals surface area (Å²) in [5.41, 5.74) is 7.32. The second kappa shape index (κ2) is 3.55. The van der Waals surface area contributed by atoms with Crippen molar-refractivity contribution < 1.29 is 9.53 Å². The zero-order valence-corrected chi connectivity index (χ0v) is 8.86. The lowest BCUT2D eigenvalue weighted by Gasteiger charge is -2.32. The Bertz CT molecular complexity index is 404. The molecular formula is C11H14N2O2. The zero-order chi connectivity index (χ0) is 11.0. The largest absolute Gasteiger partial charge is 0.477 e. The van der Waals surface area contributed by atoms with Crippen molar-refractivity contribution in [1.82, 2.24) is 0 Å². The molecule has 4 heteroatoms. The summed E-state index contributed by atoms with van der Waals surface area (Å²) in [5, 5.41) is 0. The third-order valence-electron chi connectivity index (χ3n) is 2.63. The van der Waals surface area contributed by atoms with Gasteiger partial charge in [0.25, 0.3) is 5.91 Å². The van der Waals surface area contributed by atoms with E-state index in [1.54, 1.807) is 11.9 Å². The third kappa shape index (κ3) is 1.47. The summed E-state index contributed by atoms with van der Waals surface area (Å²) in [7, 11) is 1.74. The topological polar surface area (TPSA) is 55.6 Å². The smallest absolute Gasteiger partial charge is 0.269 e. The van der Waals surface area contributed by atoms with E-state index in [1.807, 2.05) is 25.1 Å². The van der Waals surface area contributed by atoms with Crippen molar-refractivity contribution in [2.45, 2.75) is 13.0 Å². The normalized spacial score (nSPS) is 19.8. The molecule has 1 aliphatic heterocycles. The van der Waals surface area contributed by atoms with Crippen LogP contribution in [0, 0.1) is 6.92 Å². The molecule has 2 N–H and O–H groups in total. The van der Waals surface area contributed by atoms with Crippen LogP contribution in [0.4, 0.5) is 5.69 Å². The van der Waals surface area contributed by atoms with Crippen LogP contribution in [0.15, 0.2) is 18.2 Å². The molecule has 1 amide bonds. The number of nitrogens with zero attached hydrogens (tertiary/aromatic N) is 1. The van der Waals surface area contributed by atoms with Gasteiger partial charge < -0.3 is 15.4 Å². The number of fused-ring (bicyclic) bond motifs is 1. The molecule has 1 aromatic rings. The molecule has 1 aromatic carbocycles. The lowest BCUT2D eigenvalue weighted by atomic mass is 10.1. The van der Waals surface area contributed by atoms with Gasteiger partial charge in [-0.2, -0.15) is 0 Å². The molecule has 2 rings (SSSR count). The third-order valence-corrected chi connectivity index (χ3v) is 2.63. The highest BCUT2D eigenvalue weighted by atomic mass is 16.5. The van der Waals surface area contributed by atoms with E-state index in [0.29, 0.717) is 0 Å². The minimum atomic E-state index is -0.552. The van der Waals surface area contributed by atoms with Crippen LogP contribution in [-0.4, -0.2) is 25.6 Å². The highest BCUT2D eigenvalue weighted by Crippen LogP contribution is 2.35. The number of anilines is 1. The summed E-state index contributed by atoms with van der Waals surface area (Å²) in [5.74, 6) is 0.672. The van der Waals surface area contributed by atoms with Crippen LogP contribution in [-0.2, 0) is 4.79 Å². The fourth-order valence-corrected chi connectivity index (χ4v) is 1.73. The Hall–Kier alpha value is -1.55. The fourth-order valence-electron chi connectivity index (χ4n) is 1.73. The van der Waals surface area contributed by atoms with Crippen molar-refractivity contribution in [1.29, 1.82) is 0 Å². The summed E-state index contributed by atoms with van der Waals surface area (Å²) in [6.07, 6.45) is -0.552. The van der Waals surface area contributed by atoms with Crippen LogP contribution in [0.5, 0.6) is 5.75 Å². The SMILES string of the molecule is Cc1cccc2c1OC(CN)C(=O)N2C. The van der Waals surface area contributed by atoms with E-state index in [2.05, 4.69) is 0 Å². The van der Waals surface area contributed by atoms with Crippen molar-refractivity contribution in [3.63, 3.8) is 0 Å². The number of hydrogen-bond donors (Lipinski definition) is 1. The first-order valence-corrected chi connectivity index (χ1v) is 4.89. The van der Waals surface area contributed by atoms with E-state index >= 15 is 0 Å². The molecule has 0 saturated heterocycles. The maximum atomic E-state index is 11.8. The molecule has 80 valence electrons. The molecule has 0 bridgehead atoms. The Balaban J connectivity index is 2.50. The average Bonchev–Trinajstić information content (AvgIpc) is 2.24. The van der Waals surface area contributed by atoms with Crippen molar-refractivity contribution in [2.24, 2.45) is 5.73 Å². The molecule has 1 heterocycles. The van der Waals surface area contributed by atoms with E-state index in [0.717, 1.165) is 17.0 Å². The van der Waals surface area contributed by atoms with Gasteiger partial charge in [0.1, 0.15) is 5.75 Å². The lowest BCUT2D eigenvalue weighted by molar-refractivity contribution is -0.125. The molecule has 0 aromatic heterocycles. The van der Waals surface area contributed by atoms with Crippen LogP contribution in [0.1, 0.15) is 5.56 Å². The van der Waals surface area contributed by atoms with Crippen molar-refractivity contribution >= 4 is 11.6 Å². The van der Waals surface area contributed by atoms with Gasteiger partial charge in [0, 0.05) is 13.6 Å². The number of benzene rings is 1. The Labute approximate surface area is 88.6 Å². The first-order chi connectivity index (χ1) is 7.15. The highest BCUT2D eigenvalue weighted by Gasteiger charge is 2.31. The number of rotatable bonds is 1. The Kier molecular flexibility index (Phi) is 2.36. The molecule has 1 aliphatic rings. The van der Waals surface area contributed by atoms with Gasteiger partial charge in [-0.25, -0.2) is 0 Å². The van der Waals surface area contributed by atoms with Crippen LogP contribution in [0.25, 0.3) is 0 Å². The number of carbonyl (C=O) groups excluding carboxylic acids is 1. The molecule has 15 heavy (non-hydrogen) atoms. The monoisotopic (exact) mass is 206 g/mol. The zero-order valence-electron chi connectivity index (χ0n) is 8.86. The number of aryl methyl sites for hydroxylation is 1. The van der Waals surface area contributed by atoms with Crippen LogP contribution in [0.2, 0.25) is 0 Å². The average molecular weight is 206 g/mol. The van der Waals surface area contributed by atoms with Gasteiger partial charge >= 0.3 is 0 Å². The second-order valence-corrected chi connectivity index (χ2v) is 3.66. The Morgan fingerprint density at radius 1 is 1.53 bits per heavy atom. The first kappa shape index (κ1) is 9.98. The number of amides is 1. The van der Waals surface area contributed by atoms with E-state index in [1.165, 1.54) is 0 Å². The molecular weight excluding hydrogens is 192 g/mol. The van der Waals surface area contributed by atoms with Gasteiger partial charge in [0.15, 0.2) is 6.10 Å². The van der Waals surface area contributed by atoms with Crippen molar-refractivity contribution in [3.8, 4) is 5.75 Å². The highest BCUT2D eigenvalue weighted by molar-refractivity contribution is 5.99. The van der Waals surface area contributed by atoms with Gasteiger partial charge in [-0.15, -0.1) is 0 Å². The van der Waals surface area contributed by atoms with E-state index in [4.69, 9.17) is 10.5 Å². The Morgan fingerprint density at radius 2 is 2.27 bits per heavy atom. The molecule has 1 unspecified atom stereocenters. The summed E-state index contributed by atoms with van der Waals surface area (Å²) in [6.45, 7) is 2.16. The predicted molar refractivity (Wildman–Crippen MR) is 58.1 cm³/mol. The summed E-state index contributed by atoms with van der Waals surface area (Å²) < 4.78 is 5.58. The number of likely N-dealkylation sites (N-methyl/N-ethyl adjacent to an activating group) is 1. The van der Waals surface area contributed by atoms with Crippen LogP contribution < -0.4 is 15.4 Å². The van der Waals surface area contributed by atoms with Gasteiger partial charge in [0.2, 0.25) is 0 Å². The number of nitrogens with two attached hydrogens (primary N) is 1. The van der Waals surface area contributed by atoms with Gasteiger partial charge in [-0.1, -0.05) is 12.1 Å². The van der Waals surface area contributed by atoms with Gasteiger partial charge in [0.05, 0.1) is 5.69 Å². The quantitative estimate of drug-likeness (QED) is 0.735. The lowest BCUT2D eigenvalue weighted by Crippen LogP contribution is -2.47. The maximum Gasteiger partial charge on any atom is 0.269 e. The summed E-state index contributed by atoms with van der Waals surface area (Å²) in [4.78, 5) is 13.4. The van der Waals surface area contributed by atoms with E-state index in [-0.39, 0.29) is 12.5 Å². The minimum absolute atomic E-state index is 0.0874.